The number of carboxylic acid groups (broad SMARTS) is 1. The highest BCUT2D eigenvalue weighted by atomic mass is 35.5. The zero-order valence-electron chi connectivity index (χ0n) is 11.4. The first-order valence-electron chi connectivity index (χ1n) is 6.20. The van der Waals surface area contributed by atoms with E-state index in [-0.39, 0.29) is 29.5 Å². The molecule has 0 fully saturated rings. The van der Waals surface area contributed by atoms with Crippen molar-refractivity contribution in [1.29, 1.82) is 0 Å². The van der Waals surface area contributed by atoms with Crippen LogP contribution in [0.1, 0.15) is 32.3 Å². The predicted molar refractivity (Wildman–Crippen MR) is 74.3 cm³/mol. The number of benzene rings is 1. The van der Waals surface area contributed by atoms with Crippen molar-refractivity contribution in [3.63, 3.8) is 0 Å². The fraction of sp³-hybridized carbons (Fsp3) is 0.429. The Morgan fingerprint density at radius 1 is 1.40 bits per heavy atom. The van der Waals surface area contributed by atoms with Crippen LogP contribution in [0.3, 0.4) is 0 Å². The molecule has 0 aromatic heterocycles. The Morgan fingerprint density at radius 3 is 2.60 bits per heavy atom. The van der Waals surface area contributed by atoms with Crippen LogP contribution in [0.5, 0.6) is 0 Å². The summed E-state index contributed by atoms with van der Waals surface area (Å²) in [4.78, 5) is 22.5. The van der Waals surface area contributed by atoms with Gasteiger partial charge in [-0.25, -0.2) is 4.39 Å². The summed E-state index contributed by atoms with van der Waals surface area (Å²) in [6.07, 6.45) is 0.316. The highest BCUT2D eigenvalue weighted by Gasteiger charge is 2.32. The van der Waals surface area contributed by atoms with E-state index in [2.05, 4.69) is 5.32 Å². The minimum Gasteiger partial charge on any atom is -0.481 e. The summed E-state index contributed by atoms with van der Waals surface area (Å²) < 4.78 is 13.9. The molecule has 0 unspecified atom stereocenters. The molecule has 20 heavy (non-hydrogen) atoms. The van der Waals surface area contributed by atoms with Gasteiger partial charge < -0.3 is 10.4 Å². The van der Waals surface area contributed by atoms with Crippen molar-refractivity contribution in [1.82, 2.24) is 5.32 Å². The first-order valence-corrected chi connectivity index (χ1v) is 6.58. The highest BCUT2D eigenvalue weighted by molar-refractivity contribution is 6.30. The van der Waals surface area contributed by atoms with Crippen LogP contribution in [0, 0.1) is 5.82 Å². The lowest BCUT2D eigenvalue weighted by atomic mass is 9.83. The summed E-state index contributed by atoms with van der Waals surface area (Å²) in [5.74, 6) is -1.81. The van der Waals surface area contributed by atoms with Gasteiger partial charge in [-0.1, -0.05) is 17.7 Å². The first-order chi connectivity index (χ1) is 9.25. The van der Waals surface area contributed by atoms with Crippen LogP contribution < -0.4 is 5.32 Å². The number of carbonyl (C=O) groups is 2. The Labute approximate surface area is 121 Å². The minimum atomic E-state index is -1.06. The fourth-order valence-corrected chi connectivity index (χ4v) is 1.94. The lowest BCUT2D eigenvalue weighted by Crippen LogP contribution is -2.41. The second-order valence-corrected chi connectivity index (χ2v) is 5.44. The average Bonchev–Trinajstić information content (AvgIpc) is 2.33. The zero-order chi connectivity index (χ0) is 15.3. The number of hydrogen-bond donors (Lipinski definition) is 2. The van der Waals surface area contributed by atoms with Gasteiger partial charge in [0.05, 0.1) is 5.41 Å². The van der Waals surface area contributed by atoms with Gasteiger partial charge in [0.2, 0.25) is 5.91 Å². The zero-order valence-corrected chi connectivity index (χ0v) is 12.1. The molecule has 0 saturated heterocycles. The molecule has 1 aromatic rings. The largest absolute Gasteiger partial charge is 0.481 e. The van der Waals surface area contributed by atoms with Gasteiger partial charge in [-0.3, -0.25) is 9.59 Å². The Morgan fingerprint density at radius 2 is 2.05 bits per heavy atom. The maximum atomic E-state index is 13.9. The van der Waals surface area contributed by atoms with Crippen LogP contribution in [0.15, 0.2) is 18.2 Å². The molecule has 0 saturated carbocycles. The number of amides is 1. The van der Waals surface area contributed by atoms with E-state index in [1.807, 2.05) is 0 Å². The molecule has 6 heteroatoms. The van der Waals surface area contributed by atoms with Crippen molar-refractivity contribution in [2.24, 2.45) is 0 Å². The summed E-state index contributed by atoms with van der Waals surface area (Å²) in [6, 6.07) is 4.17. The van der Waals surface area contributed by atoms with Gasteiger partial charge in [-0.2, -0.15) is 0 Å². The Bertz CT molecular complexity index is 517. The summed E-state index contributed by atoms with van der Waals surface area (Å²) in [5, 5.41) is 11.4. The van der Waals surface area contributed by atoms with E-state index in [9.17, 15) is 14.0 Å². The average molecular weight is 302 g/mol. The normalized spacial score (nSPS) is 11.2. The van der Waals surface area contributed by atoms with Crippen LogP contribution in [0.4, 0.5) is 4.39 Å². The van der Waals surface area contributed by atoms with E-state index in [1.54, 1.807) is 13.8 Å². The number of aliphatic carboxylic acids is 1. The molecule has 1 amide bonds. The number of carbonyl (C=O) groups excluding carboxylic acids is 1. The number of halogens is 2. The molecule has 0 heterocycles. The van der Waals surface area contributed by atoms with Crippen LogP contribution in [0.2, 0.25) is 5.02 Å². The molecule has 4 nitrogen and oxygen atoms in total. The third kappa shape index (κ3) is 4.20. The second-order valence-electron chi connectivity index (χ2n) is 5.00. The number of nitrogens with one attached hydrogen (secondary N) is 1. The molecular formula is C14H17ClFNO3. The third-order valence-corrected chi connectivity index (χ3v) is 3.26. The predicted octanol–water partition coefficient (Wildman–Crippen LogP) is 2.74. The molecule has 1 rings (SSSR count). The molecule has 0 radical (unpaired) electrons. The summed E-state index contributed by atoms with van der Waals surface area (Å²) in [5.41, 5.74) is -0.810. The number of rotatable bonds is 6. The maximum Gasteiger partial charge on any atom is 0.303 e. The third-order valence-electron chi connectivity index (χ3n) is 3.03. The minimum absolute atomic E-state index is 0.0178. The Balaban J connectivity index is 2.71. The van der Waals surface area contributed by atoms with Gasteiger partial charge in [0.1, 0.15) is 5.82 Å². The summed E-state index contributed by atoms with van der Waals surface area (Å²) in [6.45, 7) is 3.45. The van der Waals surface area contributed by atoms with E-state index in [1.165, 1.54) is 12.1 Å². The van der Waals surface area contributed by atoms with Gasteiger partial charge in [-0.05, 0) is 32.4 Å². The van der Waals surface area contributed by atoms with Gasteiger partial charge >= 0.3 is 5.97 Å². The van der Waals surface area contributed by atoms with Crippen LogP contribution in [-0.2, 0) is 15.0 Å². The molecule has 0 atom stereocenters. The van der Waals surface area contributed by atoms with Crippen molar-refractivity contribution in [3.05, 3.63) is 34.6 Å². The maximum absolute atomic E-state index is 13.9. The molecule has 1 aromatic carbocycles. The molecule has 0 bridgehead atoms. The number of carboxylic acids is 1. The first kappa shape index (κ1) is 16.4. The van der Waals surface area contributed by atoms with E-state index in [0.717, 1.165) is 6.07 Å². The van der Waals surface area contributed by atoms with E-state index in [0.29, 0.717) is 6.42 Å². The van der Waals surface area contributed by atoms with Gasteiger partial charge in [0, 0.05) is 23.6 Å². The molecule has 110 valence electrons. The topological polar surface area (TPSA) is 66.4 Å². The summed E-state index contributed by atoms with van der Waals surface area (Å²) >= 11 is 5.68. The molecule has 2 N–H and O–H groups in total. The van der Waals surface area contributed by atoms with Gasteiger partial charge in [-0.15, -0.1) is 0 Å². The Hall–Kier alpha value is -1.62. The number of hydrogen-bond acceptors (Lipinski definition) is 2. The Kier molecular flexibility index (Phi) is 5.51. The monoisotopic (exact) mass is 301 g/mol. The van der Waals surface area contributed by atoms with Crippen LogP contribution in [0.25, 0.3) is 0 Å². The van der Waals surface area contributed by atoms with Crippen molar-refractivity contribution in [2.45, 2.75) is 32.1 Å². The van der Waals surface area contributed by atoms with Crippen molar-refractivity contribution >= 4 is 23.5 Å². The van der Waals surface area contributed by atoms with Crippen LogP contribution in [-0.4, -0.2) is 23.5 Å². The van der Waals surface area contributed by atoms with Crippen molar-refractivity contribution in [2.75, 3.05) is 6.54 Å². The van der Waals surface area contributed by atoms with E-state index < -0.39 is 17.2 Å². The quantitative estimate of drug-likeness (QED) is 0.794. The lowest BCUT2D eigenvalue weighted by molar-refractivity contribution is -0.137. The fourth-order valence-electron chi connectivity index (χ4n) is 1.78. The van der Waals surface area contributed by atoms with Crippen molar-refractivity contribution in [3.8, 4) is 0 Å². The summed E-state index contributed by atoms with van der Waals surface area (Å²) in [7, 11) is 0. The molecule has 0 aliphatic rings. The molecule has 0 aliphatic heterocycles. The van der Waals surface area contributed by atoms with Gasteiger partial charge in [0.15, 0.2) is 0 Å². The van der Waals surface area contributed by atoms with Gasteiger partial charge in [0.25, 0.3) is 0 Å². The smallest absolute Gasteiger partial charge is 0.303 e. The second kappa shape index (κ2) is 6.70. The lowest BCUT2D eigenvalue weighted by Gasteiger charge is -2.24. The van der Waals surface area contributed by atoms with Crippen molar-refractivity contribution < 1.29 is 19.1 Å². The molecular weight excluding hydrogens is 285 g/mol. The van der Waals surface area contributed by atoms with E-state index in [4.69, 9.17) is 16.7 Å². The SMILES string of the molecule is CC(C)(C(=O)NCCCC(=O)O)c1ccc(Cl)cc1F. The molecule has 0 aliphatic carbocycles. The standard InChI is InChI=1S/C14H17ClFNO3/c1-14(2,10-6-5-9(15)8-11(10)16)13(20)17-7-3-4-12(18)19/h5-6,8H,3-4,7H2,1-2H3,(H,17,20)(H,18,19). The van der Waals surface area contributed by atoms with E-state index >= 15 is 0 Å². The molecule has 0 spiro atoms. The highest BCUT2D eigenvalue weighted by Crippen LogP contribution is 2.27. The van der Waals surface area contributed by atoms with Crippen LogP contribution >= 0.6 is 11.6 Å².